The molecule has 2 aromatic carbocycles. The van der Waals surface area contributed by atoms with Gasteiger partial charge in [0, 0.05) is 5.57 Å². The number of hydrogen-bond donors (Lipinski definition) is 0. The second-order valence-electron chi connectivity index (χ2n) is 6.85. The zero-order valence-corrected chi connectivity index (χ0v) is 15.7. The van der Waals surface area contributed by atoms with Gasteiger partial charge in [-0.25, -0.2) is 0 Å². The molecule has 0 radical (unpaired) electrons. The summed E-state index contributed by atoms with van der Waals surface area (Å²) in [7, 11) is 0. The third-order valence-electron chi connectivity index (χ3n) is 4.84. The second-order valence-corrected chi connectivity index (χ2v) is 6.85. The van der Waals surface area contributed by atoms with Crippen molar-refractivity contribution in [2.75, 3.05) is 0 Å². The third kappa shape index (κ3) is 4.04. The Morgan fingerprint density at radius 1 is 0.471 bits per heavy atom. The van der Waals surface area contributed by atoms with E-state index < -0.39 is 80.4 Å². The average Bonchev–Trinajstić information content (AvgIpc) is 2.98. The van der Waals surface area contributed by atoms with Crippen LogP contribution < -0.4 is 0 Å². The molecular weight excluding hydrogens is 496 g/mol. The smallest absolute Gasteiger partial charge is 0.192 e. The van der Waals surface area contributed by atoms with Gasteiger partial charge >= 0.3 is 24.7 Å². The molecule has 0 fully saturated rings. The molecule has 0 N–H and O–H groups in total. The molecule has 2 aromatic rings. The van der Waals surface area contributed by atoms with Crippen LogP contribution in [0.15, 0.2) is 29.8 Å². The normalized spacial score (nSPS) is 13.8. The van der Waals surface area contributed by atoms with E-state index in [1.165, 1.54) is 12.1 Å². The van der Waals surface area contributed by atoms with Crippen LogP contribution in [-0.2, 0) is 24.7 Å². The van der Waals surface area contributed by atoms with Crippen LogP contribution in [-0.4, -0.2) is 0 Å². The fraction of sp³-hybridized carbons (Fsp3) is 0.200. The largest absolute Gasteiger partial charge is 0.417 e. The Labute approximate surface area is 180 Å². The number of nitriles is 2. The van der Waals surface area contributed by atoms with Gasteiger partial charge in [0.05, 0.1) is 22.3 Å². The van der Waals surface area contributed by atoms with Crippen LogP contribution in [0, 0.1) is 22.7 Å². The summed E-state index contributed by atoms with van der Waals surface area (Å²) >= 11 is 0. The van der Waals surface area contributed by atoms with Gasteiger partial charge in [-0.3, -0.25) is 0 Å². The minimum absolute atomic E-state index is 0.150. The van der Waals surface area contributed by atoms with E-state index in [0.29, 0.717) is 0 Å². The van der Waals surface area contributed by atoms with Crippen molar-refractivity contribution in [1.82, 2.24) is 0 Å². The van der Waals surface area contributed by atoms with Gasteiger partial charge in [-0.1, -0.05) is 0 Å². The van der Waals surface area contributed by atoms with Crippen molar-refractivity contribution in [3.8, 4) is 23.3 Å². The van der Waals surface area contributed by atoms with Crippen molar-refractivity contribution >= 4 is 5.57 Å². The summed E-state index contributed by atoms with van der Waals surface area (Å²) < 4.78 is 160. The van der Waals surface area contributed by atoms with Crippen LogP contribution in [0.2, 0.25) is 0 Å². The van der Waals surface area contributed by atoms with E-state index in [1.807, 2.05) is 0 Å². The molecule has 178 valence electrons. The van der Waals surface area contributed by atoms with Crippen LogP contribution in [0.1, 0.15) is 33.4 Å². The standard InChI is InChI=1S/C20H4F12N2/c21-17(22,23)12-1-8-9-2-13(18(24,25)26)15(20(30,31)32)4-11(9)16(7(5-33)6-34)10(8)3-14(12)19(27,28)29/h1-4H. The van der Waals surface area contributed by atoms with Crippen LogP contribution in [0.3, 0.4) is 0 Å². The van der Waals surface area contributed by atoms with Crippen molar-refractivity contribution in [2.24, 2.45) is 0 Å². The van der Waals surface area contributed by atoms with Crippen molar-refractivity contribution in [1.29, 1.82) is 10.5 Å². The Balaban J connectivity index is 2.60. The molecule has 3 rings (SSSR count). The second kappa shape index (κ2) is 7.41. The molecule has 14 heteroatoms. The first-order valence-electron chi connectivity index (χ1n) is 8.52. The van der Waals surface area contributed by atoms with Crippen LogP contribution in [0.5, 0.6) is 0 Å². The highest BCUT2D eigenvalue weighted by Gasteiger charge is 2.48. The first kappa shape index (κ1) is 25.0. The molecule has 0 aromatic heterocycles. The van der Waals surface area contributed by atoms with E-state index in [2.05, 4.69) is 0 Å². The number of benzene rings is 2. The predicted octanol–water partition coefficient (Wildman–Crippen LogP) is 7.59. The van der Waals surface area contributed by atoms with Crippen LogP contribution >= 0.6 is 0 Å². The summed E-state index contributed by atoms with van der Waals surface area (Å²) in [5.74, 6) is 0. The lowest BCUT2D eigenvalue weighted by Crippen LogP contribution is -2.17. The number of fused-ring (bicyclic) bond motifs is 3. The average molecular weight is 500 g/mol. The highest BCUT2D eigenvalue weighted by atomic mass is 19.4. The molecule has 34 heavy (non-hydrogen) atoms. The first-order valence-corrected chi connectivity index (χ1v) is 8.52. The van der Waals surface area contributed by atoms with Gasteiger partial charge in [0.25, 0.3) is 0 Å². The van der Waals surface area contributed by atoms with Crippen LogP contribution in [0.4, 0.5) is 52.7 Å². The molecule has 0 aliphatic heterocycles. The molecule has 0 saturated carbocycles. The van der Waals surface area contributed by atoms with Crippen molar-refractivity contribution in [3.63, 3.8) is 0 Å². The maximum absolute atomic E-state index is 13.4. The van der Waals surface area contributed by atoms with E-state index in [4.69, 9.17) is 10.5 Å². The maximum atomic E-state index is 13.4. The molecule has 0 atom stereocenters. The van der Waals surface area contributed by atoms with E-state index in [9.17, 15) is 52.7 Å². The van der Waals surface area contributed by atoms with Gasteiger partial charge in [0.1, 0.15) is 17.7 Å². The molecule has 2 nitrogen and oxygen atoms in total. The number of nitrogens with zero attached hydrogens (tertiary/aromatic N) is 2. The van der Waals surface area contributed by atoms with E-state index in [1.54, 1.807) is 0 Å². The lowest BCUT2D eigenvalue weighted by Gasteiger charge is -2.18. The molecule has 0 bridgehead atoms. The minimum atomic E-state index is -5.65. The summed E-state index contributed by atoms with van der Waals surface area (Å²) in [6, 6.07) is 1.76. The predicted molar refractivity (Wildman–Crippen MR) is 89.1 cm³/mol. The Kier molecular flexibility index (Phi) is 5.44. The molecule has 0 spiro atoms. The van der Waals surface area contributed by atoms with E-state index in [-0.39, 0.29) is 24.3 Å². The van der Waals surface area contributed by atoms with Crippen LogP contribution in [0.25, 0.3) is 16.7 Å². The maximum Gasteiger partial charge on any atom is 0.417 e. The lowest BCUT2D eigenvalue weighted by molar-refractivity contribution is -0.162. The van der Waals surface area contributed by atoms with Gasteiger partial charge in [-0.05, 0) is 46.5 Å². The van der Waals surface area contributed by atoms with Crippen molar-refractivity contribution in [3.05, 3.63) is 63.2 Å². The summed E-state index contributed by atoms with van der Waals surface area (Å²) in [5, 5.41) is 18.3. The summed E-state index contributed by atoms with van der Waals surface area (Å²) in [5.41, 5.74) is -15.1. The van der Waals surface area contributed by atoms with Crippen molar-refractivity contribution in [2.45, 2.75) is 24.7 Å². The molecule has 1 aliphatic carbocycles. The Morgan fingerprint density at radius 3 is 0.912 bits per heavy atom. The Bertz CT molecular complexity index is 1210. The van der Waals surface area contributed by atoms with Gasteiger partial charge in [0.15, 0.2) is 0 Å². The summed E-state index contributed by atoms with van der Waals surface area (Å²) in [6.07, 6.45) is -22.6. The fourth-order valence-electron chi connectivity index (χ4n) is 3.55. The third-order valence-corrected chi connectivity index (χ3v) is 4.84. The first-order chi connectivity index (χ1) is 15.3. The number of allylic oxidation sites excluding steroid dienone is 1. The van der Waals surface area contributed by atoms with Gasteiger partial charge in [0.2, 0.25) is 0 Å². The lowest BCUT2D eigenvalue weighted by atomic mass is 9.94. The number of alkyl halides is 12. The molecule has 1 aliphatic rings. The highest BCUT2D eigenvalue weighted by molar-refractivity contribution is 6.05. The SMILES string of the molecule is N#CC(C#N)=C1c2cc(C(F)(F)F)c(C(F)(F)F)cc2-c2cc(C(F)(F)F)c(C(F)(F)F)cc21. The molecule has 0 heterocycles. The highest BCUT2D eigenvalue weighted by Crippen LogP contribution is 2.54. The van der Waals surface area contributed by atoms with Crippen molar-refractivity contribution < 1.29 is 52.7 Å². The minimum Gasteiger partial charge on any atom is -0.192 e. The molecule has 0 amide bonds. The topological polar surface area (TPSA) is 47.6 Å². The zero-order chi connectivity index (χ0) is 26.0. The zero-order valence-electron chi connectivity index (χ0n) is 15.7. The fourth-order valence-corrected chi connectivity index (χ4v) is 3.55. The molecular formula is C20H4F12N2. The Hall–Kier alpha value is -3.68. The monoisotopic (exact) mass is 500 g/mol. The number of halogens is 12. The van der Waals surface area contributed by atoms with Gasteiger partial charge in [-0.15, -0.1) is 0 Å². The molecule has 0 unspecified atom stereocenters. The number of rotatable bonds is 0. The van der Waals surface area contributed by atoms with Gasteiger partial charge in [-0.2, -0.15) is 63.2 Å². The Morgan fingerprint density at radius 2 is 0.706 bits per heavy atom. The van der Waals surface area contributed by atoms with E-state index in [0.717, 1.165) is 0 Å². The number of hydrogen-bond acceptors (Lipinski definition) is 2. The van der Waals surface area contributed by atoms with E-state index >= 15 is 0 Å². The quantitative estimate of drug-likeness (QED) is 0.236. The summed E-state index contributed by atoms with van der Waals surface area (Å²) in [4.78, 5) is 0. The summed E-state index contributed by atoms with van der Waals surface area (Å²) in [6.45, 7) is 0. The molecule has 0 saturated heterocycles. The van der Waals surface area contributed by atoms with Gasteiger partial charge < -0.3 is 0 Å².